The van der Waals surface area contributed by atoms with Crippen molar-refractivity contribution in [2.45, 2.75) is 5.92 Å². The van der Waals surface area contributed by atoms with Crippen LogP contribution in [0.15, 0.2) is 64.0 Å². The summed E-state index contributed by atoms with van der Waals surface area (Å²) < 4.78 is 0.692. The van der Waals surface area contributed by atoms with Crippen LogP contribution in [-0.2, 0) is 4.79 Å². The van der Waals surface area contributed by atoms with Crippen molar-refractivity contribution < 1.29 is 4.79 Å². The van der Waals surface area contributed by atoms with Gasteiger partial charge in [-0.3, -0.25) is 9.59 Å². The van der Waals surface area contributed by atoms with Crippen LogP contribution in [0.5, 0.6) is 0 Å². The molecule has 1 fully saturated rings. The van der Waals surface area contributed by atoms with E-state index < -0.39 is 0 Å². The van der Waals surface area contributed by atoms with E-state index in [4.69, 9.17) is 0 Å². The Morgan fingerprint density at radius 1 is 1.12 bits per heavy atom. The Labute approximate surface area is 158 Å². The van der Waals surface area contributed by atoms with E-state index in [9.17, 15) is 9.59 Å². The molecule has 0 aliphatic carbocycles. The summed E-state index contributed by atoms with van der Waals surface area (Å²) in [5, 5.41) is 7.72. The monoisotopic (exact) mass is 411 g/mol. The molecule has 3 N–H and O–H groups in total. The lowest BCUT2D eigenvalue weighted by atomic mass is 9.88. The quantitative estimate of drug-likeness (QED) is 0.619. The fourth-order valence-corrected chi connectivity index (χ4v) is 3.98. The maximum atomic E-state index is 12.9. The Kier molecular flexibility index (Phi) is 4.61. The highest BCUT2D eigenvalue weighted by Crippen LogP contribution is 2.31. The van der Waals surface area contributed by atoms with E-state index >= 15 is 0 Å². The van der Waals surface area contributed by atoms with E-state index in [-0.39, 0.29) is 23.3 Å². The van der Waals surface area contributed by atoms with Crippen molar-refractivity contribution in [3.8, 4) is 0 Å². The summed E-state index contributed by atoms with van der Waals surface area (Å²) in [5.41, 5.74) is 1.69. The van der Waals surface area contributed by atoms with Gasteiger partial charge in [-0.05, 0) is 45.1 Å². The smallest absolute Gasteiger partial charge is 0.255 e. The minimum atomic E-state index is -0.148. The summed E-state index contributed by atoms with van der Waals surface area (Å²) in [6.07, 6.45) is 1.61. The third-order valence-corrected chi connectivity index (χ3v) is 5.55. The Morgan fingerprint density at radius 3 is 2.73 bits per heavy atom. The standard InChI is InChI=1S/C20H18BrN3O2/c21-17-9-14-13(6-7-23-19(14)25)8-18(17)24-20(26)16-11-22-10-15(16)12-4-2-1-3-5-12/h1-9,15-16,22H,10-11H2,(H,23,25)(H,24,26)/t15-,16+/m0/s1. The summed E-state index contributed by atoms with van der Waals surface area (Å²) in [4.78, 5) is 27.5. The van der Waals surface area contributed by atoms with Gasteiger partial charge in [-0.25, -0.2) is 0 Å². The topological polar surface area (TPSA) is 74.0 Å². The zero-order valence-electron chi connectivity index (χ0n) is 14.0. The lowest BCUT2D eigenvalue weighted by Crippen LogP contribution is -2.28. The molecule has 5 nitrogen and oxygen atoms in total. The third-order valence-electron chi connectivity index (χ3n) is 4.90. The number of H-pyrrole nitrogens is 1. The molecule has 1 aliphatic rings. The second kappa shape index (κ2) is 7.05. The number of pyridine rings is 1. The number of amides is 1. The number of halogens is 1. The minimum absolute atomic E-state index is 0.0197. The van der Waals surface area contributed by atoms with Gasteiger partial charge in [0.15, 0.2) is 0 Å². The number of fused-ring (bicyclic) bond motifs is 1. The highest BCUT2D eigenvalue weighted by molar-refractivity contribution is 9.10. The Hall–Kier alpha value is -2.44. The largest absolute Gasteiger partial charge is 0.329 e. The highest BCUT2D eigenvalue weighted by atomic mass is 79.9. The van der Waals surface area contributed by atoms with Gasteiger partial charge in [-0.1, -0.05) is 30.3 Å². The summed E-state index contributed by atoms with van der Waals surface area (Å²) in [6, 6.07) is 15.5. The van der Waals surface area contributed by atoms with E-state index in [0.29, 0.717) is 22.1 Å². The second-order valence-electron chi connectivity index (χ2n) is 6.50. The molecule has 0 radical (unpaired) electrons. The molecule has 2 atom stereocenters. The normalized spacial score (nSPS) is 19.6. The first-order chi connectivity index (χ1) is 12.6. The van der Waals surface area contributed by atoms with Crippen LogP contribution in [0.1, 0.15) is 11.5 Å². The van der Waals surface area contributed by atoms with Gasteiger partial charge in [0.05, 0.1) is 11.6 Å². The zero-order valence-corrected chi connectivity index (χ0v) is 15.5. The molecule has 2 heterocycles. The van der Waals surface area contributed by atoms with Gasteiger partial charge in [-0.15, -0.1) is 0 Å². The molecule has 6 heteroatoms. The van der Waals surface area contributed by atoms with Crippen molar-refractivity contribution in [1.29, 1.82) is 0 Å². The number of rotatable bonds is 3. The maximum Gasteiger partial charge on any atom is 0.255 e. The average molecular weight is 412 g/mol. The van der Waals surface area contributed by atoms with E-state index in [0.717, 1.165) is 11.9 Å². The van der Waals surface area contributed by atoms with Crippen LogP contribution in [0.25, 0.3) is 10.8 Å². The summed E-state index contributed by atoms with van der Waals surface area (Å²) in [6.45, 7) is 1.44. The summed E-state index contributed by atoms with van der Waals surface area (Å²) >= 11 is 3.47. The molecule has 26 heavy (non-hydrogen) atoms. The van der Waals surface area contributed by atoms with Gasteiger partial charge in [0, 0.05) is 35.1 Å². The summed E-state index contributed by atoms with van der Waals surface area (Å²) in [7, 11) is 0. The van der Waals surface area contributed by atoms with E-state index in [1.54, 1.807) is 12.3 Å². The Morgan fingerprint density at radius 2 is 1.92 bits per heavy atom. The number of carbonyl (C=O) groups excluding carboxylic acids is 1. The molecule has 1 aromatic heterocycles. The van der Waals surface area contributed by atoms with Crippen LogP contribution in [0.2, 0.25) is 0 Å². The van der Waals surface area contributed by atoms with Crippen LogP contribution in [0.3, 0.4) is 0 Å². The van der Waals surface area contributed by atoms with Gasteiger partial charge in [0.1, 0.15) is 0 Å². The van der Waals surface area contributed by atoms with E-state index in [1.807, 2.05) is 30.3 Å². The van der Waals surface area contributed by atoms with Crippen LogP contribution in [0, 0.1) is 5.92 Å². The molecule has 0 unspecified atom stereocenters. The minimum Gasteiger partial charge on any atom is -0.329 e. The predicted octanol–water partition coefficient (Wildman–Crippen LogP) is 3.23. The maximum absolute atomic E-state index is 12.9. The van der Waals surface area contributed by atoms with Gasteiger partial charge in [-0.2, -0.15) is 0 Å². The number of benzene rings is 2. The molecule has 2 aromatic carbocycles. The molecule has 0 saturated carbocycles. The predicted molar refractivity (Wildman–Crippen MR) is 106 cm³/mol. The SMILES string of the molecule is O=C(Nc1cc2cc[nH]c(=O)c2cc1Br)[C@@H]1CNC[C@H]1c1ccccc1. The highest BCUT2D eigenvalue weighted by Gasteiger charge is 2.34. The molecule has 1 saturated heterocycles. The van der Waals surface area contributed by atoms with Crippen molar-refractivity contribution in [2.75, 3.05) is 18.4 Å². The number of carbonyl (C=O) groups is 1. The summed E-state index contributed by atoms with van der Waals surface area (Å²) in [5.74, 6) is -0.00815. The number of hydrogen-bond donors (Lipinski definition) is 3. The van der Waals surface area contributed by atoms with Crippen molar-refractivity contribution in [3.05, 3.63) is 75.1 Å². The first-order valence-electron chi connectivity index (χ1n) is 8.51. The lowest BCUT2D eigenvalue weighted by molar-refractivity contribution is -0.119. The van der Waals surface area contributed by atoms with Crippen LogP contribution in [0.4, 0.5) is 5.69 Å². The Bertz CT molecular complexity index is 1020. The molecule has 0 bridgehead atoms. The molecular formula is C20H18BrN3O2. The van der Waals surface area contributed by atoms with Crippen molar-refractivity contribution >= 4 is 38.3 Å². The number of hydrogen-bond acceptors (Lipinski definition) is 3. The molecule has 4 rings (SSSR count). The molecule has 1 aliphatic heterocycles. The first kappa shape index (κ1) is 17.0. The van der Waals surface area contributed by atoms with Crippen molar-refractivity contribution in [3.63, 3.8) is 0 Å². The van der Waals surface area contributed by atoms with Gasteiger partial charge < -0.3 is 15.6 Å². The first-order valence-corrected chi connectivity index (χ1v) is 9.30. The third kappa shape index (κ3) is 3.18. The Balaban J connectivity index is 1.61. The molecular weight excluding hydrogens is 394 g/mol. The van der Waals surface area contributed by atoms with Crippen LogP contribution >= 0.6 is 15.9 Å². The van der Waals surface area contributed by atoms with Crippen molar-refractivity contribution in [2.24, 2.45) is 5.92 Å². The zero-order chi connectivity index (χ0) is 18.1. The lowest BCUT2D eigenvalue weighted by Gasteiger charge is -2.19. The van der Waals surface area contributed by atoms with Gasteiger partial charge in [0.2, 0.25) is 5.91 Å². The van der Waals surface area contributed by atoms with E-state index in [2.05, 4.69) is 43.7 Å². The number of aromatic nitrogens is 1. The number of aromatic amines is 1. The number of anilines is 1. The second-order valence-corrected chi connectivity index (χ2v) is 7.35. The van der Waals surface area contributed by atoms with Crippen LogP contribution < -0.4 is 16.2 Å². The van der Waals surface area contributed by atoms with Crippen LogP contribution in [-0.4, -0.2) is 24.0 Å². The molecule has 1 amide bonds. The fraction of sp³-hybridized carbons (Fsp3) is 0.200. The fourth-order valence-electron chi connectivity index (χ4n) is 3.54. The van der Waals surface area contributed by atoms with E-state index in [1.165, 1.54) is 5.56 Å². The molecule has 132 valence electrons. The molecule has 0 spiro atoms. The van der Waals surface area contributed by atoms with Crippen molar-refractivity contribution in [1.82, 2.24) is 10.3 Å². The number of nitrogens with one attached hydrogen (secondary N) is 3. The molecule has 3 aromatic rings. The van der Waals surface area contributed by atoms with Gasteiger partial charge in [0.25, 0.3) is 5.56 Å². The average Bonchev–Trinajstić information content (AvgIpc) is 3.14. The van der Waals surface area contributed by atoms with Gasteiger partial charge >= 0.3 is 0 Å².